The Hall–Kier alpha value is -3.66. The van der Waals surface area contributed by atoms with E-state index >= 15 is 4.39 Å². The number of nitriles is 1. The van der Waals surface area contributed by atoms with Crippen molar-refractivity contribution in [3.05, 3.63) is 35.5 Å². The number of likely N-dealkylation sites (tertiary alicyclic amines) is 1. The third kappa shape index (κ3) is 3.79. The number of benzene rings is 1. The summed E-state index contributed by atoms with van der Waals surface area (Å²) >= 11 is 0.980. The van der Waals surface area contributed by atoms with Crippen molar-refractivity contribution in [1.82, 2.24) is 25.2 Å². The summed E-state index contributed by atoms with van der Waals surface area (Å²) < 4.78 is 31.5. The molecule has 1 atom stereocenters. The summed E-state index contributed by atoms with van der Waals surface area (Å²) in [6.45, 7) is 5.72. The largest absolute Gasteiger partial charge is 0.389 e. The Morgan fingerprint density at radius 3 is 2.73 bits per heavy atom. The van der Waals surface area contributed by atoms with E-state index in [9.17, 15) is 9.65 Å². The normalized spacial score (nSPS) is 21.8. The number of anilines is 3. The average Bonchev–Trinajstić information content (AvgIpc) is 3.38. The van der Waals surface area contributed by atoms with Gasteiger partial charge in [-0.15, -0.1) is 11.3 Å². The van der Waals surface area contributed by atoms with Crippen LogP contribution in [0.4, 0.5) is 25.5 Å². The molecule has 1 spiro atoms. The van der Waals surface area contributed by atoms with Crippen molar-refractivity contribution in [3.63, 3.8) is 0 Å². The van der Waals surface area contributed by atoms with Gasteiger partial charge in [0.2, 0.25) is 5.95 Å². The molecular weight excluding hydrogens is 544 g/mol. The molecule has 8 rings (SSSR count). The Bertz CT molecular complexity index is 1760. The molecular formula is C29H29F2N9S. The monoisotopic (exact) mass is 573 g/mol. The molecule has 0 radical (unpaired) electrons. The first-order valence-electron chi connectivity index (χ1n) is 14.1. The summed E-state index contributed by atoms with van der Waals surface area (Å²) in [5, 5.41) is 14.1. The van der Waals surface area contributed by atoms with Crippen LogP contribution in [-0.2, 0) is 0 Å². The zero-order valence-corrected chi connectivity index (χ0v) is 23.4. The van der Waals surface area contributed by atoms with Crippen molar-refractivity contribution < 1.29 is 8.78 Å². The third-order valence-electron chi connectivity index (χ3n) is 9.45. The molecule has 3 N–H and O–H groups in total. The van der Waals surface area contributed by atoms with Crippen molar-refractivity contribution in [2.45, 2.75) is 31.3 Å². The summed E-state index contributed by atoms with van der Waals surface area (Å²) in [6.07, 6.45) is 5.25. The molecule has 0 unspecified atom stereocenters. The molecule has 6 heterocycles. The fourth-order valence-corrected chi connectivity index (χ4v) is 7.63. The van der Waals surface area contributed by atoms with Gasteiger partial charge in [0, 0.05) is 69.0 Å². The number of hydrogen-bond acceptors (Lipinski definition) is 10. The van der Waals surface area contributed by atoms with E-state index in [0.717, 1.165) is 43.9 Å². The molecule has 4 aliphatic rings. The van der Waals surface area contributed by atoms with Crippen LogP contribution < -0.4 is 20.9 Å². The van der Waals surface area contributed by atoms with E-state index in [0.29, 0.717) is 34.2 Å². The van der Waals surface area contributed by atoms with Gasteiger partial charge in [-0.3, -0.25) is 9.88 Å². The third-order valence-corrected chi connectivity index (χ3v) is 10.5. The van der Waals surface area contributed by atoms with Crippen molar-refractivity contribution in [1.29, 1.82) is 5.26 Å². The molecule has 4 aromatic rings. The van der Waals surface area contributed by atoms with Gasteiger partial charge in [-0.2, -0.15) is 10.2 Å². The average molecular weight is 574 g/mol. The number of nitrogen functional groups attached to an aromatic ring is 1. The van der Waals surface area contributed by atoms with Crippen molar-refractivity contribution in [2.24, 2.45) is 5.41 Å². The number of thiophene rings is 1. The highest BCUT2D eigenvalue weighted by molar-refractivity contribution is 7.23. The van der Waals surface area contributed by atoms with Gasteiger partial charge >= 0.3 is 0 Å². The Balaban J connectivity index is 1.23. The lowest BCUT2D eigenvalue weighted by Crippen LogP contribution is -2.66. The molecule has 12 heteroatoms. The topological polar surface area (TPSA) is 110 Å². The molecule has 41 heavy (non-hydrogen) atoms. The Morgan fingerprint density at radius 2 is 2.02 bits per heavy atom. The molecule has 4 fully saturated rings. The number of rotatable bonds is 5. The Kier molecular flexibility index (Phi) is 5.46. The van der Waals surface area contributed by atoms with E-state index in [1.807, 2.05) is 7.05 Å². The fraction of sp³-hybridized carbons (Fsp3) is 0.448. The van der Waals surface area contributed by atoms with Crippen LogP contribution in [-0.4, -0.2) is 78.3 Å². The summed E-state index contributed by atoms with van der Waals surface area (Å²) in [6, 6.07) is 5.47. The highest BCUT2D eigenvalue weighted by atomic mass is 32.1. The zero-order chi connectivity index (χ0) is 28.0. The van der Waals surface area contributed by atoms with E-state index in [2.05, 4.69) is 31.1 Å². The minimum Gasteiger partial charge on any atom is -0.389 e. The molecule has 210 valence electrons. The first-order valence-corrected chi connectivity index (χ1v) is 14.9. The minimum absolute atomic E-state index is 0.00869. The summed E-state index contributed by atoms with van der Waals surface area (Å²) in [4.78, 5) is 21.0. The van der Waals surface area contributed by atoms with Gasteiger partial charge in [0.15, 0.2) is 5.82 Å². The number of halogens is 2. The highest BCUT2D eigenvalue weighted by Gasteiger charge is 2.55. The second-order valence-electron chi connectivity index (χ2n) is 12.0. The molecule has 1 saturated carbocycles. The van der Waals surface area contributed by atoms with Gasteiger partial charge in [-0.1, -0.05) is 0 Å². The summed E-state index contributed by atoms with van der Waals surface area (Å²) in [5.74, 6) is 0.00938. The second-order valence-corrected chi connectivity index (χ2v) is 13.1. The first kappa shape index (κ1) is 25.1. The SMILES string of the molecule is CN(c1nc(N2CC(N3CC4(CC4)C3)C2)nc2c(F)c(-c3ccc(F)c4sc(N)c(C#N)c34)ncc12)[C@@H]1CCNC1. The molecule has 0 bridgehead atoms. The Labute approximate surface area is 239 Å². The summed E-state index contributed by atoms with van der Waals surface area (Å²) in [7, 11) is 1.99. The lowest BCUT2D eigenvalue weighted by atomic mass is 9.92. The van der Waals surface area contributed by atoms with E-state index in [4.69, 9.17) is 15.7 Å². The van der Waals surface area contributed by atoms with E-state index in [1.54, 1.807) is 6.20 Å². The Morgan fingerprint density at radius 1 is 1.22 bits per heavy atom. The van der Waals surface area contributed by atoms with E-state index in [1.165, 1.54) is 38.1 Å². The first-order chi connectivity index (χ1) is 19.9. The lowest BCUT2D eigenvalue weighted by Gasteiger charge is -2.52. The van der Waals surface area contributed by atoms with Crippen LogP contribution in [0.5, 0.6) is 0 Å². The number of nitrogens with two attached hydrogens (primary N) is 1. The highest BCUT2D eigenvalue weighted by Crippen LogP contribution is 2.54. The predicted octanol–water partition coefficient (Wildman–Crippen LogP) is 3.72. The molecule has 1 aliphatic carbocycles. The molecule has 3 aliphatic heterocycles. The van der Waals surface area contributed by atoms with E-state index in [-0.39, 0.29) is 37.9 Å². The van der Waals surface area contributed by atoms with E-state index < -0.39 is 11.6 Å². The number of aromatic nitrogens is 3. The molecule has 0 amide bonds. The quantitative estimate of drug-likeness (QED) is 0.369. The fourth-order valence-electron chi connectivity index (χ4n) is 6.69. The summed E-state index contributed by atoms with van der Waals surface area (Å²) in [5.41, 5.74) is 7.25. The zero-order valence-electron chi connectivity index (χ0n) is 22.6. The van der Waals surface area contributed by atoms with Crippen LogP contribution in [0.2, 0.25) is 0 Å². The number of nitrogens with zero attached hydrogens (tertiary/aromatic N) is 7. The maximum absolute atomic E-state index is 16.6. The van der Waals surface area contributed by atoms with Crippen molar-refractivity contribution >= 4 is 49.1 Å². The van der Waals surface area contributed by atoms with Crippen molar-refractivity contribution in [3.8, 4) is 17.3 Å². The van der Waals surface area contributed by atoms with Crippen LogP contribution in [0.3, 0.4) is 0 Å². The molecule has 1 aromatic carbocycles. The number of fused-ring (bicyclic) bond motifs is 2. The van der Waals surface area contributed by atoms with Gasteiger partial charge in [-0.25, -0.2) is 13.8 Å². The van der Waals surface area contributed by atoms with Crippen molar-refractivity contribution in [2.75, 3.05) is 61.8 Å². The minimum atomic E-state index is -0.623. The van der Waals surface area contributed by atoms with Crippen LogP contribution in [0.1, 0.15) is 24.8 Å². The van der Waals surface area contributed by atoms with Crippen LogP contribution >= 0.6 is 11.3 Å². The molecule has 9 nitrogen and oxygen atoms in total. The van der Waals surface area contributed by atoms with Gasteiger partial charge in [0.05, 0.1) is 15.6 Å². The van der Waals surface area contributed by atoms with Gasteiger partial charge < -0.3 is 20.9 Å². The smallest absolute Gasteiger partial charge is 0.228 e. The lowest BCUT2D eigenvalue weighted by molar-refractivity contribution is 0.0238. The van der Waals surface area contributed by atoms with Crippen LogP contribution in [0, 0.1) is 28.4 Å². The number of pyridine rings is 1. The van der Waals surface area contributed by atoms with Crippen LogP contribution in [0.15, 0.2) is 18.3 Å². The second kappa shape index (κ2) is 8.92. The van der Waals surface area contributed by atoms with Gasteiger partial charge in [0.25, 0.3) is 0 Å². The predicted molar refractivity (Wildman–Crippen MR) is 156 cm³/mol. The molecule has 3 aromatic heterocycles. The maximum atomic E-state index is 16.6. The number of nitrogens with one attached hydrogen (secondary N) is 1. The number of hydrogen-bond donors (Lipinski definition) is 2. The number of likely N-dealkylation sites (N-methyl/N-ethyl adjacent to an activating group) is 1. The molecule has 3 saturated heterocycles. The standard InChI is InChI=1S/C29H29F2N9S/c1-38(15-4-7-34-9-15)27-19-10-35-23(17-2-3-20(30)25-21(17)18(8-32)26(33)41-25)22(31)24(19)36-28(37-27)39-11-16(12-39)40-13-29(14-40)5-6-29/h2-3,10,15-16,34H,4-7,9,11-14,33H2,1H3/t15-/m1/s1. The maximum Gasteiger partial charge on any atom is 0.228 e. The van der Waals surface area contributed by atoms with Gasteiger partial charge in [-0.05, 0) is 43.4 Å². The van der Waals surface area contributed by atoms with Crippen LogP contribution in [0.25, 0.3) is 32.2 Å². The van der Waals surface area contributed by atoms with Gasteiger partial charge in [0.1, 0.15) is 33.9 Å².